The highest BCUT2D eigenvalue weighted by Gasteiger charge is 2.07. The third-order valence-electron chi connectivity index (χ3n) is 3.13. The number of anilines is 1. The average molecular weight is 285 g/mol. The van der Waals surface area contributed by atoms with Crippen molar-refractivity contribution in [3.8, 4) is 11.5 Å². The summed E-state index contributed by atoms with van der Waals surface area (Å²) in [7, 11) is 1.66. The number of rotatable bonds is 6. The Hall–Kier alpha value is -2.16. The molecular formula is C18H23NO2. The van der Waals surface area contributed by atoms with Gasteiger partial charge in [-0.05, 0) is 38.5 Å². The maximum atomic E-state index is 5.86. The Bertz CT molecular complexity index is 576. The molecule has 0 amide bonds. The highest BCUT2D eigenvalue weighted by molar-refractivity contribution is 5.55. The van der Waals surface area contributed by atoms with Crippen molar-refractivity contribution >= 4 is 5.69 Å². The summed E-state index contributed by atoms with van der Waals surface area (Å²) in [5, 5.41) is 3.35. The van der Waals surface area contributed by atoms with Crippen LogP contribution in [0.15, 0.2) is 42.5 Å². The molecule has 0 fully saturated rings. The van der Waals surface area contributed by atoms with Crippen LogP contribution in [0.3, 0.4) is 0 Å². The van der Waals surface area contributed by atoms with Crippen LogP contribution >= 0.6 is 0 Å². The Morgan fingerprint density at radius 1 is 1.00 bits per heavy atom. The molecule has 0 aromatic heterocycles. The summed E-state index contributed by atoms with van der Waals surface area (Å²) >= 11 is 0. The standard InChI is InChI=1S/C18H23NO2/c1-13(2)19-16-9-10-17(18(11-16)20-4)21-12-15-7-5-14(3)6-8-15/h5-11,13,19H,12H2,1-4H3. The van der Waals surface area contributed by atoms with E-state index in [1.807, 2.05) is 18.2 Å². The van der Waals surface area contributed by atoms with Crippen molar-refractivity contribution < 1.29 is 9.47 Å². The highest BCUT2D eigenvalue weighted by atomic mass is 16.5. The molecule has 0 atom stereocenters. The van der Waals surface area contributed by atoms with Gasteiger partial charge in [-0.1, -0.05) is 29.8 Å². The molecule has 1 N–H and O–H groups in total. The van der Waals surface area contributed by atoms with Crippen molar-refractivity contribution in [3.05, 3.63) is 53.6 Å². The minimum Gasteiger partial charge on any atom is -0.493 e. The maximum Gasteiger partial charge on any atom is 0.162 e. The van der Waals surface area contributed by atoms with Gasteiger partial charge in [-0.3, -0.25) is 0 Å². The lowest BCUT2D eigenvalue weighted by Gasteiger charge is -2.15. The zero-order chi connectivity index (χ0) is 15.2. The summed E-state index contributed by atoms with van der Waals surface area (Å²) in [6.07, 6.45) is 0. The predicted molar refractivity (Wildman–Crippen MR) is 87.3 cm³/mol. The minimum absolute atomic E-state index is 0.383. The lowest BCUT2D eigenvalue weighted by molar-refractivity contribution is 0.284. The molecule has 0 saturated carbocycles. The average Bonchev–Trinajstić information content (AvgIpc) is 2.47. The summed E-state index contributed by atoms with van der Waals surface area (Å²) in [6.45, 7) is 6.82. The van der Waals surface area contributed by atoms with E-state index in [1.54, 1.807) is 7.11 Å². The van der Waals surface area contributed by atoms with Gasteiger partial charge >= 0.3 is 0 Å². The number of hydrogen-bond acceptors (Lipinski definition) is 3. The number of ether oxygens (including phenoxy) is 2. The third-order valence-corrected chi connectivity index (χ3v) is 3.13. The normalized spacial score (nSPS) is 10.5. The molecule has 0 saturated heterocycles. The fourth-order valence-electron chi connectivity index (χ4n) is 2.06. The lowest BCUT2D eigenvalue weighted by atomic mass is 10.2. The lowest BCUT2D eigenvalue weighted by Crippen LogP contribution is -2.09. The van der Waals surface area contributed by atoms with Gasteiger partial charge in [0.15, 0.2) is 11.5 Å². The number of nitrogens with one attached hydrogen (secondary N) is 1. The topological polar surface area (TPSA) is 30.5 Å². The van der Waals surface area contributed by atoms with Crippen LogP contribution in [0.5, 0.6) is 11.5 Å². The second-order valence-electron chi connectivity index (χ2n) is 5.44. The highest BCUT2D eigenvalue weighted by Crippen LogP contribution is 2.31. The predicted octanol–water partition coefficient (Wildman–Crippen LogP) is 4.40. The zero-order valence-electron chi connectivity index (χ0n) is 13.1. The Morgan fingerprint density at radius 2 is 1.71 bits per heavy atom. The van der Waals surface area contributed by atoms with Crippen molar-refractivity contribution in [1.82, 2.24) is 0 Å². The van der Waals surface area contributed by atoms with E-state index in [9.17, 15) is 0 Å². The largest absolute Gasteiger partial charge is 0.493 e. The van der Waals surface area contributed by atoms with Crippen molar-refractivity contribution in [2.45, 2.75) is 33.4 Å². The van der Waals surface area contributed by atoms with Crippen molar-refractivity contribution in [3.63, 3.8) is 0 Å². The summed E-state index contributed by atoms with van der Waals surface area (Å²) < 4.78 is 11.3. The third kappa shape index (κ3) is 4.42. The summed E-state index contributed by atoms with van der Waals surface area (Å²) in [6, 6.07) is 14.6. The van der Waals surface area contributed by atoms with Gasteiger partial charge in [0, 0.05) is 17.8 Å². The molecule has 112 valence electrons. The van der Waals surface area contributed by atoms with Crippen LogP contribution in [0, 0.1) is 6.92 Å². The van der Waals surface area contributed by atoms with E-state index in [2.05, 4.69) is 50.4 Å². The first-order valence-electron chi connectivity index (χ1n) is 7.21. The molecule has 3 nitrogen and oxygen atoms in total. The van der Waals surface area contributed by atoms with Crippen molar-refractivity contribution in [2.24, 2.45) is 0 Å². The van der Waals surface area contributed by atoms with Gasteiger partial charge in [-0.15, -0.1) is 0 Å². The molecule has 2 rings (SSSR count). The first-order valence-corrected chi connectivity index (χ1v) is 7.21. The molecule has 0 spiro atoms. The van der Waals surface area contributed by atoms with Gasteiger partial charge in [-0.25, -0.2) is 0 Å². The summed E-state index contributed by atoms with van der Waals surface area (Å²) in [4.78, 5) is 0. The van der Waals surface area contributed by atoms with Crippen LogP contribution in [0.1, 0.15) is 25.0 Å². The molecule has 0 radical (unpaired) electrons. The second-order valence-corrected chi connectivity index (χ2v) is 5.44. The quantitative estimate of drug-likeness (QED) is 0.853. The van der Waals surface area contributed by atoms with E-state index < -0.39 is 0 Å². The summed E-state index contributed by atoms with van der Waals surface area (Å²) in [5.74, 6) is 1.50. The SMILES string of the molecule is COc1cc(NC(C)C)ccc1OCc1ccc(C)cc1. The van der Waals surface area contributed by atoms with Gasteiger partial charge in [0.2, 0.25) is 0 Å². The molecule has 0 bridgehead atoms. The summed E-state index contributed by atoms with van der Waals surface area (Å²) in [5.41, 5.74) is 3.43. The molecule has 0 aliphatic carbocycles. The van der Waals surface area contributed by atoms with E-state index in [0.717, 1.165) is 22.7 Å². The van der Waals surface area contributed by atoms with Crippen LogP contribution in [0.2, 0.25) is 0 Å². The van der Waals surface area contributed by atoms with Crippen LogP contribution < -0.4 is 14.8 Å². The number of hydrogen-bond donors (Lipinski definition) is 1. The Labute approximate surface area is 126 Å². The van der Waals surface area contributed by atoms with Gasteiger partial charge < -0.3 is 14.8 Å². The molecule has 0 heterocycles. The van der Waals surface area contributed by atoms with E-state index >= 15 is 0 Å². The van der Waals surface area contributed by atoms with Crippen molar-refractivity contribution in [1.29, 1.82) is 0 Å². The van der Waals surface area contributed by atoms with E-state index in [1.165, 1.54) is 5.56 Å². The van der Waals surface area contributed by atoms with Crippen molar-refractivity contribution in [2.75, 3.05) is 12.4 Å². The number of benzene rings is 2. The van der Waals surface area contributed by atoms with E-state index in [0.29, 0.717) is 12.6 Å². The number of aryl methyl sites for hydroxylation is 1. The first kappa shape index (κ1) is 15.2. The zero-order valence-corrected chi connectivity index (χ0v) is 13.1. The molecule has 0 unspecified atom stereocenters. The molecule has 2 aromatic carbocycles. The minimum atomic E-state index is 0.383. The molecule has 2 aromatic rings. The van der Waals surface area contributed by atoms with Gasteiger partial charge in [0.1, 0.15) is 6.61 Å². The van der Waals surface area contributed by atoms with Gasteiger partial charge in [0.25, 0.3) is 0 Å². The molecule has 3 heteroatoms. The van der Waals surface area contributed by atoms with Crippen LogP contribution in [-0.4, -0.2) is 13.2 Å². The monoisotopic (exact) mass is 285 g/mol. The molecule has 21 heavy (non-hydrogen) atoms. The van der Waals surface area contributed by atoms with Gasteiger partial charge in [-0.2, -0.15) is 0 Å². The van der Waals surface area contributed by atoms with Crippen LogP contribution in [-0.2, 0) is 6.61 Å². The fraction of sp³-hybridized carbons (Fsp3) is 0.333. The second kappa shape index (κ2) is 7.02. The Balaban J connectivity index is 2.07. The van der Waals surface area contributed by atoms with E-state index in [4.69, 9.17) is 9.47 Å². The fourth-order valence-corrected chi connectivity index (χ4v) is 2.06. The first-order chi connectivity index (χ1) is 10.1. The maximum absolute atomic E-state index is 5.86. The number of methoxy groups -OCH3 is 1. The van der Waals surface area contributed by atoms with Crippen LogP contribution in [0.4, 0.5) is 5.69 Å². The Morgan fingerprint density at radius 3 is 2.33 bits per heavy atom. The smallest absolute Gasteiger partial charge is 0.162 e. The molecule has 0 aliphatic heterocycles. The molecular weight excluding hydrogens is 262 g/mol. The Kier molecular flexibility index (Phi) is 5.09. The van der Waals surface area contributed by atoms with Gasteiger partial charge in [0.05, 0.1) is 7.11 Å². The van der Waals surface area contributed by atoms with Crippen LogP contribution in [0.25, 0.3) is 0 Å². The van der Waals surface area contributed by atoms with E-state index in [-0.39, 0.29) is 0 Å². The molecule has 0 aliphatic rings.